The van der Waals surface area contributed by atoms with Crippen molar-refractivity contribution in [2.75, 3.05) is 13.2 Å². The summed E-state index contributed by atoms with van der Waals surface area (Å²) in [7, 11) is 0. The summed E-state index contributed by atoms with van der Waals surface area (Å²) in [6.07, 6.45) is 8.51. The maximum absolute atomic E-state index is 6.08. The second-order valence-electron chi connectivity index (χ2n) is 8.16. The van der Waals surface area contributed by atoms with Gasteiger partial charge in [0.2, 0.25) is 0 Å². The second-order valence-corrected chi connectivity index (χ2v) is 8.16. The predicted octanol–water partition coefficient (Wildman–Crippen LogP) is 4.45. The summed E-state index contributed by atoms with van der Waals surface area (Å²) < 4.78 is 5.90. The lowest BCUT2D eigenvalue weighted by Gasteiger charge is -2.26. The molecule has 0 saturated heterocycles. The summed E-state index contributed by atoms with van der Waals surface area (Å²) in [6, 6.07) is 7.65. The van der Waals surface area contributed by atoms with Crippen LogP contribution in [0.2, 0.25) is 0 Å². The van der Waals surface area contributed by atoms with Crippen LogP contribution in [0.3, 0.4) is 0 Å². The van der Waals surface area contributed by atoms with Crippen LogP contribution < -0.4 is 5.73 Å². The van der Waals surface area contributed by atoms with Crippen molar-refractivity contribution in [1.82, 2.24) is 0 Å². The molecule has 3 unspecified atom stereocenters. The van der Waals surface area contributed by atoms with E-state index in [1.807, 2.05) is 0 Å². The van der Waals surface area contributed by atoms with Gasteiger partial charge in [0.05, 0.1) is 0 Å². The summed E-state index contributed by atoms with van der Waals surface area (Å²) >= 11 is 0. The Morgan fingerprint density at radius 2 is 2.04 bits per heavy atom. The highest BCUT2D eigenvalue weighted by molar-refractivity contribution is 5.36. The molecule has 1 saturated carbocycles. The van der Waals surface area contributed by atoms with Crippen molar-refractivity contribution in [2.45, 2.75) is 70.8 Å². The Kier molecular flexibility index (Phi) is 5.76. The fraction of sp³-hybridized carbons (Fsp3) is 0.714. The van der Waals surface area contributed by atoms with E-state index in [1.54, 1.807) is 11.1 Å². The van der Waals surface area contributed by atoms with Gasteiger partial charge in [0, 0.05) is 19.3 Å². The first-order valence-electron chi connectivity index (χ1n) is 9.57. The largest absolute Gasteiger partial charge is 0.381 e. The summed E-state index contributed by atoms with van der Waals surface area (Å²) in [5.41, 5.74) is 10.8. The zero-order valence-electron chi connectivity index (χ0n) is 14.9. The third kappa shape index (κ3) is 4.58. The Balaban J connectivity index is 1.53. The Labute approximate surface area is 141 Å². The zero-order valence-corrected chi connectivity index (χ0v) is 14.9. The van der Waals surface area contributed by atoms with Gasteiger partial charge in [-0.3, -0.25) is 0 Å². The van der Waals surface area contributed by atoms with Gasteiger partial charge in [-0.1, -0.05) is 32.0 Å². The zero-order chi connectivity index (χ0) is 16.2. The van der Waals surface area contributed by atoms with Gasteiger partial charge in [0.1, 0.15) is 0 Å². The number of hydrogen-bond acceptors (Lipinski definition) is 2. The second kappa shape index (κ2) is 7.81. The lowest BCUT2D eigenvalue weighted by molar-refractivity contribution is 0.0865. The number of hydrogen-bond donors (Lipinski definition) is 1. The fourth-order valence-corrected chi connectivity index (χ4v) is 4.13. The highest BCUT2D eigenvalue weighted by Gasteiger charge is 2.25. The van der Waals surface area contributed by atoms with E-state index in [9.17, 15) is 0 Å². The number of ether oxygens (including phenoxy) is 1. The minimum Gasteiger partial charge on any atom is -0.381 e. The van der Waals surface area contributed by atoms with E-state index < -0.39 is 0 Å². The van der Waals surface area contributed by atoms with E-state index in [0.29, 0.717) is 17.9 Å². The van der Waals surface area contributed by atoms with Crippen LogP contribution in [0.15, 0.2) is 18.2 Å². The molecule has 2 N–H and O–H groups in total. The minimum atomic E-state index is 0.420. The molecule has 2 heteroatoms. The van der Waals surface area contributed by atoms with Gasteiger partial charge in [0.25, 0.3) is 0 Å². The third-order valence-corrected chi connectivity index (χ3v) is 5.70. The first-order chi connectivity index (χ1) is 11.1. The summed E-state index contributed by atoms with van der Waals surface area (Å²) in [5, 5.41) is 0. The number of fused-ring (bicyclic) bond motifs is 1. The smallest absolute Gasteiger partial charge is 0.0497 e. The number of nitrogens with two attached hydrogens (primary N) is 1. The first kappa shape index (κ1) is 17.0. The Hall–Kier alpha value is -0.860. The van der Waals surface area contributed by atoms with Gasteiger partial charge in [-0.05, 0) is 79.4 Å². The van der Waals surface area contributed by atoms with Crippen LogP contribution in [0.1, 0.15) is 68.6 Å². The molecule has 0 amide bonds. The lowest BCUT2D eigenvalue weighted by atomic mass is 9.82. The van der Waals surface area contributed by atoms with Crippen molar-refractivity contribution in [3.63, 3.8) is 0 Å². The molecule has 2 nitrogen and oxygen atoms in total. The number of benzene rings is 1. The quantitative estimate of drug-likeness (QED) is 0.787. The van der Waals surface area contributed by atoms with Crippen molar-refractivity contribution >= 4 is 0 Å². The molecule has 1 aromatic rings. The van der Waals surface area contributed by atoms with Gasteiger partial charge in [-0.15, -0.1) is 0 Å². The van der Waals surface area contributed by atoms with Crippen LogP contribution in [0.25, 0.3) is 0 Å². The van der Waals surface area contributed by atoms with Crippen molar-refractivity contribution in [3.05, 3.63) is 34.9 Å². The van der Waals surface area contributed by atoms with E-state index in [4.69, 9.17) is 10.5 Å². The molecule has 0 aliphatic heterocycles. The van der Waals surface area contributed by atoms with Crippen LogP contribution in [-0.4, -0.2) is 19.3 Å². The molecule has 0 radical (unpaired) electrons. The number of aryl methyl sites for hydroxylation is 1. The topological polar surface area (TPSA) is 35.2 Å². The van der Waals surface area contributed by atoms with E-state index in [-0.39, 0.29) is 0 Å². The van der Waals surface area contributed by atoms with Crippen molar-refractivity contribution in [1.29, 1.82) is 0 Å². The molecule has 0 aromatic heterocycles. The molecular weight excluding hydrogens is 282 g/mol. The average Bonchev–Trinajstić information content (AvgIpc) is 2.97. The molecule has 2 aliphatic rings. The molecule has 1 aromatic carbocycles. The standard InChI is InChI=1S/C21H33NO/c1-15(2)9-10-23-14-16-3-4-18-12-19(6-5-17(18)11-16)20-7-8-21(22)13-20/h5-6,12,15-16,20-21H,3-4,7-11,13-14,22H2,1-2H3. The Bertz CT molecular complexity index is 511. The van der Waals surface area contributed by atoms with Crippen LogP contribution in [0.5, 0.6) is 0 Å². The summed E-state index contributed by atoms with van der Waals surface area (Å²) in [4.78, 5) is 0. The SMILES string of the molecule is CC(C)CCOCC1CCc2cc(C3CCC(N)C3)ccc2C1. The summed E-state index contributed by atoms with van der Waals surface area (Å²) in [5.74, 6) is 2.15. The Morgan fingerprint density at radius 1 is 1.17 bits per heavy atom. The summed E-state index contributed by atoms with van der Waals surface area (Å²) in [6.45, 7) is 6.37. The van der Waals surface area contributed by atoms with Crippen LogP contribution >= 0.6 is 0 Å². The molecule has 3 rings (SSSR count). The lowest BCUT2D eigenvalue weighted by Crippen LogP contribution is -2.20. The van der Waals surface area contributed by atoms with Crippen molar-refractivity contribution in [2.24, 2.45) is 17.6 Å². The molecule has 23 heavy (non-hydrogen) atoms. The third-order valence-electron chi connectivity index (χ3n) is 5.70. The molecule has 0 heterocycles. The van der Waals surface area contributed by atoms with Crippen LogP contribution in [0, 0.1) is 11.8 Å². The minimum absolute atomic E-state index is 0.420. The predicted molar refractivity (Wildman–Crippen MR) is 96.8 cm³/mol. The highest BCUT2D eigenvalue weighted by atomic mass is 16.5. The van der Waals surface area contributed by atoms with E-state index in [0.717, 1.165) is 19.1 Å². The van der Waals surface area contributed by atoms with Gasteiger partial charge >= 0.3 is 0 Å². The van der Waals surface area contributed by atoms with Crippen molar-refractivity contribution in [3.8, 4) is 0 Å². The first-order valence-corrected chi connectivity index (χ1v) is 9.57. The van der Waals surface area contributed by atoms with Gasteiger partial charge in [0.15, 0.2) is 0 Å². The molecular formula is C21H33NO. The van der Waals surface area contributed by atoms with Crippen LogP contribution in [0.4, 0.5) is 0 Å². The fourth-order valence-electron chi connectivity index (χ4n) is 4.13. The average molecular weight is 316 g/mol. The van der Waals surface area contributed by atoms with E-state index >= 15 is 0 Å². The maximum atomic E-state index is 6.08. The van der Waals surface area contributed by atoms with Gasteiger partial charge < -0.3 is 10.5 Å². The molecule has 1 fully saturated rings. The van der Waals surface area contributed by atoms with Gasteiger partial charge in [-0.25, -0.2) is 0 Å². The molecule has 3 atom stereocenters. The van der Waals surface area contributed by atoms with Gasteiger partial charge in [-0.2, -0.15) is 0 Å². The van der Waals surface area contributed by atoms with E-state index in [1.165, 1.54) is 50.5 Å². The molecule has 2 aliphatic carbocycles. The molecule has 128 valence electrons. The Morgan fingerprint density at radius 3 is 2.78 bits per heavy atom. The number of rotatable bonds is 6. The normalized spacial score (nSPS) is 27.4. The molecule has 0 bridgehead atoms. The monoisotopic (exact) mass is 315 g/mol. The van der Waals surface area contributed by atoms with Crippen molar-refractivity contribution < 1.29 is 4.74 Å². The van der Waals surface area contributed by atoms with Crippen LogP contribution in [-0.2, 0) is 17.6 Å². The maximum Gasteiger partial charge on any atom is 0.0497 e. The highest BCUT2D eigenvalue weighted by Crippen LogP contribution is 2.36. The van der Waals surface area contributed by atoms with E-state index in [2.05, 4.69) is 32.0 Å². The molecule has 0 spiro atoms.